The molecule has 0 bridgehead atoms. The molecule has 0 aliphatic carbocycles. The van der Waals surface area contributed by atoms with Crippen molar-refractivity contribution < 1.29 is 0 Å². The monoisotopic (exact) mass is 536 g/mol. The highest BCUT2D eigenvalue weighted by Gasteiger charge is 2.17. The summed E-state index contributed by atoms with van der Waals surface area (Å²) in [5.41, 5.74) is 9.42. The molecule has 8 rings (SSSR count). The lowest BCUT2D eigenvalue weighted by atomic mass is 10.00. The van der Waals surface area contributed by atoms with Crippen molar-refractivity contribution in [2.75, 3.05) is 4.90 Å². The number of hydrogen-bond donors (Lipinski definition) is 0. The van der Waals surface area contributed by atoms with Gasteiger partial charge >= 0.3 is 0 Å². The van der Waals surface area contributed by atoms with Gasteiger partial charge in [-0.25, -0.2) is 0 Å². The molecule has 0 radical (unpaired) electrons. The Kier molecular flexibility index (Phi) is 5.82. The van der Waals surface area contributed by atoms with E-state index in [1.165, 1.54) is 43.8 Å². The van der Waals surface area contributed by atoms with Crippen LogP contribution in [0.3, 0.4) is 0 Å². The molecule has 0 aliphatic rings. The molecule has 7 aromatic carbocycles. The largest absolute Gasteiger partial charge is 0.311 e. The maximum absolute atomic E-state index is 2.40. The normalized spacial score (nSPS) is 11.7. The number of rotatable bonds is 6. The molecule has 42 heavy (non-hydrogen) atoms. The Balaban J connectivity index is 1.19. The fraction of sp³-hybridized carbons (Fsp3) is 0. The number of para-hydroxylation sites is 3. The van der Waals surface area contributed by atoms with Crippen LogP contribution in [0.25, 0.3) is 50.4 Å². The number of hydrogen-bond acceptors (Lipinski definition) is 1. The van der Waals surface area contributed by atoms with Crippen LogP contribution in [0.15, 0.2) is 158 Å². The van der Waals surface area contributed by atoms with E-state index in [1.54, 1.807) is 0 Å². The molecular weight excluding hydrogens is 508 g/mol. The summed E-state index contributed by atoms with van der Waals surface area (Å²) in [4.78, 5) is 2.29. The zero-order valence-electron chi connectivity index (χ0n) is 23.1. The van der Waals surface area contributed by atoms with Gasteiger partial charge in [0, 0.05) is 33.5 Å². The van der Waals surface area contributed by atoms with E-state index >= 15 is 0 Å². The van der Waals surface area contributed by atoms with Crippen molar-refractivity contribution in [1.82, 2.24) is 4.57 Å². The molecule has 0 amide bonds. The van der Waals surface area contributed by atoms with Gasteiger partial charge in [0.25, 0.3) is 0 Å². The average molecular weight is 537 g/mol. The van der Waals surface area contributed by atoms with Gasteiger partial charge in [-0.15, -0.1) is 0 Å². The third-order valence-corrected chi connectivity index (χ3v) is 8.08. The fourth-order valence-electron chi connectivity index (χ4n) is 6.20. The molecule has 1 aromatic heterocycles. The number of nitrogens with zero attached hydrogens (tertiary/aromatic N) is 2. The zero-order chi connectivity index (χ0) is 27.9. The van der Waals surface area contributed by atoms with Gasteiger partial charge in [-0.05, 0) is 88.6 Å². The van der Waals surface area contributed by atoms with Crippen LogP contribution >= 0.6 is 0 Å². The second-order valence-electron chi connectivity index (χ2n) is 10.7. The molecule has 8 aromatic rings. The predicted octanol–water partition coefficient (Wildman–Crippen LogP) is 11.0. The van der Waals surface area contributed by atoms with E-state index in [1.807, 2.05) is 0 Å². The molecule has 0 fully saturated rings. The maximum atomic E-state index is 2.40. The van der Waals surface area contributed by atoms with Crippen molar-refractivity contribution in [1.29, 1.82) is 0 Å². The van der Waals surface area contributed by atoms with Crippen LogP contribution in [-0.4, -0.2) is 4.57 Å². The standard InChI is InChI=1S/C40H28N2/c1-4-12-33(13-5-1)41(34-14-6-2-7-15-34)36-25-21-29(22-26-36)19-20-30-27-32-24-23-31-11-10-18-37-39(31)40(32)38(28-30)42(37)35-16-8-3-9-17-35/h1-28H. The summed E-state index contributed by atoms with van der Waals surface area (Å²) in [6.45, 7) is 0. The van der Waals surface area contributed by atoms with Crippen LogP contribution in [0.4, 0.5) is 17.1 Å². The van der Waals surface area contributed by atoms with E-state index in [-0.39, 0.29) is 0 Å². The van der Waals surface area contributed by atoms with Crippen LogP contribution < -0.4 is 4.90 Å². The van der Waals surface area contributed by atoms with Crippen LogP contribution in [0.5, 0.6) is 0 Å². The molecule has 1 heterocycles. The lowest BCUT2D eigenvalue weighted by Gasteiger charge is -2.25. The van der Waals surface area contributed by atoms with Gasteiger partial charge in [-0.1, -0.05) is 103 Å². The Hall–Kier alpha value is -5.60. The Bertz CT molecular complexity index is 2120. The van der Waals surface area contributed by atoms with Crippen LogP contribution in [0, 0.1) is 0 Å². The molecule has 0 atom stereocenters. The molecule has 0 spiro atoms. The molecule has 0 saturated heterocycles. The molecule has 2 heteroatoms. The van der Waals surface area contributed by atoms with E-state index in [4.69, 9.17) is 0 Å². The first kappa shape index (κ1) is 24.2. The molecule has 2 nitrogen and oxygen atoms in total. The Morgan fingerprint density at radius 3 is 1.67 bits per heavy atom. The van der Waals surface area contributed by atoms with Crippen LogP contribution in [0.1, 0.15) is 11.1 Å². The van der Waals surface area contributed by atoms with E-state index in [0.717, 1.165) is 22.6 Å². The number of aromatic nitrogens is 1. The van der Waals surface area contributed by atoms with E-state index < -0.39 is 0 Å². The minimum Gasteiger partial charge on any atom is -0.311 e. The van der Waals surface area contributed by atoms with Gasteiger partial charge in [0.05, 0.1) is 11.0 Å². The SMILES string of the molecule is C(=Cc1cc2ccc3cccc4c3c2c(c1)n4-c1ccccc1)c1ccc(N(c2ccccc2)c2ccccc2)cc1. The van der Waals surface area contributed by atoms with Crippen molar-refractivity contribution in [3.8, 4) is 5.69 Å². The van der Waals surface area contributed by atoms with Gasteiger partial charge < -0.3 is 9.47 Å². The topological polar surface area (TPSA) is 8.17 Å². The summed E-state index contributed by atoms with van der Waals surface area (Å²) < 4.78 is 2.40. The Morgan fingerprint density at radius 2 is 0.976 bits per heavy atom. The minimum atomic E-state index is 1.13. The lowest BCUT2D eigenvalue weighted by molar-refractivity contribution is 1.18. The third-order valence-electron chi connectivity index (χ3n) is 8.08. The zero-order valence-corrected chi connectivity index (χ0v) is 23.1. The molecular formula is C40H28N2. The van der Waals surface area contributed by atoms with E-state index in [0.29, 0.717) is 0 Å². The van der Waals surface area contributed by atoms with Crippen molar-refractivity contribution in [2.45, 2.75) is 0 Å². The Morgan fingerprint density at radius 1 is 0.405 bits per heavy atom. The lowest BCUT2D eigenvalue weighted by Crippen LogP contribution is -2.09. The van der Waals surface area contributed by atoms with Gasteiger partial charge in [0.1, 0.15) is 0 Å². The highest BCUT2D eigenvalue weighted by atomic mass is 15.1. The Labute approximate surface area is 245 Å². The van der Waals surface area contributed by atoms with Gasteiger partial charge in [0.2, 0.25) is 0 Å². The summed E-state index contributed by atoms with van der Waals surface area (Å²) in [6, 6.07) is 56.2. The van der Waals surface area contributed by atoms with E-state index in [2.05, 4.69) is 179 Å². The molecule has 0 aliphatic heterocycles. The molecule has 0 N–H and O–H groups in total. The second-order valence-corrected chi connectivity index (χ2v) is 10.7. The summed E-state index contributed by atoms with van der Waals surface area (Å²) in [5, 5.41) is 5.21. The van der Waals surface area contributed by atoms with Gasteiger partial charge in [0.15, 0.2) is 0 Å². The van der Waals surface area contributed by atoms with Gasteiger partial charge in [-0.2, -0.15) is 0 Å². The van der Waals surface area contributed by atoms with Crippen LogP contribution in [-0.2, 0) is 0 Å². The van der Waals surface area contributed by atoms with E-state index in [9.17, 15) is 0 Å². The smallest absolute Gasteiger partial charge is 0.0553 e. The first-order chi connectivity index (χ1) is 20.8. The van der Waals surface area contributed by atoms with Crippen molar-refractivity contribution >= 4 is 61.8 Å². The summed E-state index contributed by atoms with van der Waals surface area (Å²) in [7, 11) is 0. The summed E-state index contributed by atoms with van der Waals surface area (Å²) in [5.74, 6) is 0. The highest BCUT2D eigenvalue weighted by molar-refractivity contribution is 6.24. The fourth-order valence-corrected chi connectivity index (χ4v) is 6.20. The first-order valence-corrected chi connectivity index (χ1v) is 14.4. The average Bonchev–Trinajstić information content (AvgIpc) is 3.40. The minimum absolute atomic E-state index is 1.13. The first-order valence-electron chi connectivity index (χ1n) is 14.4. The number of anilines is 3. The predicted molar refractivity (Wildman–Crippen MR) is 180 cm³/mol. The van der Waals surface area contributed by atoms with Gasteiger partial charge in [-0.3, -0.25) is 0 Å². The summed E-state index contributed by atoms with van der Waals surface area (Å²) in [6.07, 6.45) is 4.44. The second kappa shape index (κ2) is 10.1. The molecule has 0 saturated carbocycles. The van der Waals surface area contributed by atoms with Crippen LogP contribution in [0.2, 0.25) is 0 Å². The third kappa shape index (κ3) is 4.13. The van der Waals surface area contributed by atoms with Crippen molar-refractivity contribution in [3.63, 3.8) is 0 Å². The number of benzene rings is 7. The van der Waals surface area contributed by atoms with Crippen molar-refractivity contribution in [3.05, 3.63) is 169 Å². The highest BCUT2D eigenvalue weighted by Crippen LogP contribution is 2.40. The molecule has 198 valence electrons. The summed E-state index contributed by atoms with van der Waals surface area (Å²) >= 11 is 0. The quantitative estimate of drug-likeness (QED) is 0.152. The molecule has 0 unspecified atom stereocenters. The maximum Gasteiger partial charge on any atom is 0.0553 e. The van der Waals surface area contributed by atoms with Crippen molar-refractivity contribution in [2.24, 2.45) is 0 Å².